The maximum Gasteiger partial charge on any atom is 0.129 e. The minimum Gasteiger partial charge on any atom is -0.127 e. The number of halogens is 1. The number of benzene rings is 4. The van der Waals surface area contributed by atoms with Crippen molar-refractivity contribution in [3.63, 3.8) is 0 Å². The van der Waals surface area contributed by atoms with Gasteiger partial charge in [-0.05, 0) is 116 Å². The molecular weight excluding hydrogens is 1010 g/mol. The third-order valence-electron chi connectivity index (χ3n) is 11.0. The predicted molar refractivity (Wildman–Crippen MR) is 336 cm³/mol. The summed E-state index contributed by atoms with van der Waals surface area (Å²) in [5.74, 6) is 79.7. The van der Waals surface area contributed by atoms with Crippen LogP contribution in [0.15, 0.2) is 53.0 Å². The summed E-state index contributed by atoms with van der Waals surface area (Å²) in [7, 11) is -1.80. The fourth-order valence-electron chi connectivity index (χ4n) is 6.93. The molecule has 0 aliphatic carbocycles. The summed E-state index contributed by atoms with van der Waals surface area (Å²) in [4.78, 5) is 0. The normalized spacial score (nSPS) is 9.40. The fraction of sp³-hybridized carbons (Fsp3) is 0.360. The molecule has 0 aliphatic heterocycles. The molecule has 0 saturated carbocycles. The summed E-state index contributed by atoms with van der Waals surface area (Å²) >= 11 is 3.81. The Kier molecular flexibility index (Phi) is 27.9. The maximum absolute atomic E-state index is 3.81. The van der Waals surface area contributed by atoms with E-state index in [-0.39, 0.29) is 0 Å². The van der Waals surface area contributed by atoms with E-state index in [1.165, 1.54) is 0 Å². The lowest BCUT2D eigenvalue weighted by molar-refractivity contribution is 0.983. The van der Waals surface area contributed by atoms with E-state index in [0.717, 1.165) is 180 Å². The molecule has 0 saturated heterocycles. The van der Waals surface area contributed by atoms with E-state index in [9.17, 15) is 0 Å². The van der Waals surface area contributed by atoms with Crippen LogP contribution in [-0.2, 0) is 0 Å². The summed E-state index contributed by atoms with van der Waals surface area (Å²) in [6, 6.07) is 16.4. The molecule has 4 aromatic carbocycles. The molecular formula is C75H73BrSi. The second-order valence-electron chi connectivity index (χ2n) is 19.3. The first kappa shape index (κ1) is 61.8. The van der Waals surface area contributed by atoms with E-state index in [2.05, 4.69) is 251 Å². The first-order valence-corrected chi connectivity index (χ1v) is 32.1. The van der Waals surface area contributed by atoms with E-state index < -0.39 is 8.07 Å². The molecule has 0 atom stereocenters. The van der Waals surface area contributed by atoms with Crippen LogP contribution >= 0.6 is 15.9 Å². The largest absolute Gasteiger partial charge is 0.129 e. The molecule has 0 unspecified atom stereocenters. The van der Waals surface area contributed by atoms with Crippen molar-refractivity contribution in [3.8, 4) is 142 Å². The lowest BCUT2D eigenvalue weighted by Crippen LogP contribution is -2.16. The molecule has 4 rings (SSSR count). The van der Waals surface area contributed by atoms with Crippen molar-refractivity contribution in [2.75, 3.05) is 0 Å². The van der Waals surface area contributed by atoms with E-state index in [1.807, 2.05) is 30.3 Å². The van der Waals surface area contributed by atoms with Gasteiger partial charge in [0.2, 0.25) is 0 Å². The SMILES string of the molecule is CCCC#Cc1cc(C#CCCC)c(C#Cc2c(C#CCCC)ccc(C#CCCC)c2C#Cc2cc(C#Cc3c(C#CCCC)ccc(C#CCCC)c3C#C[Si](C)(C)C)c(C#CCCC)cc2C#CCCC)cc1Br. The van der Waals surface area contributed by atoms with Gasteiger partial charge in [-0.2, -0.15) is 0 Å². The molecule has 0 spiro atoms. The molecule has 0 radical (unpaired) electrons. The lowest BCUT2D eigenvalue weighted by Gasteiger charge is -2.08. The third-order valence-corrected chi connectivity index (χ3v) is 12.5. The minimum absolute atomic E-state index is 0.706. The predicted octanol–water partition coefficient (Wildman–Crippen LogP) is 17.1. The fourth-order valence-corrected chi connectivity index (χ4v) is 7.87. The Morgan fingerprint density at radius 2 is 0.494 bits per heavy atom. The quantitative estimate of drug-likeness (QED) is 0.122. The van der Waals surface area contributed by atoms with Gasteiger partial charge in [0, 0.05) is 117 Å². The van der Waals surface area contributed by atoms with E-state index in [0.29, 0.717) is 11.1 Å². The van der Waals surface area contributed by atoms with Crippen molar-refractivity contribution in [3.05, 3.63) is 136 Å². The average Bonchev–Trinajstić information content (AvgIpc) is 3.41. The van der Waals surface area contributed by atoms with Gasteiger partial charge in [-0.15, -0.1) is 5.54 Å². The topological polar surface area (TPSA) is 0 Å². The summed E-state index contributed by atoms with van der Waals surface area (Å²) in [6.45, 7) is 23.9. The molecule has 0 heterocycles. The maximum atomic E-state index is 3.81. The van der Waals surface area contributed by atoms with Gasteiger partial charge in [0.25, 0.3) is 0 Å². The standard InChI is InChI=1S/C75H73BrSi/c1-12-20-28-36-60-44-45-61(37-29-21-13-2)72(53-50-69-59-75(76)70(43-35-27-19-8)58-66(69)42-34-26-18-7)71(60)51-48-67-57-68(65(41-33-25-17-6)56-64(67)40-32-24-16-5)49-52-73-62(38-30-22-14-3)46-47-63(39-31-23-15-4)74(73)54-55-77(9,10)11/h44-47,56-59H,12-27H2,1-11H3. The van der Waals surface area contributed by atoms with Crippen molar-refractivity contribution in [1.82, 2.24) is 0 Å². The van der Waals surface area contributed by atoms with Gasteiger partial charge in [-0.3, -0.25) is 0 Å². The molecule has 0 N–H and O–H groups in total. The van der Waals surface area contributed by atoms with Crippen LogP contribution in [-0.4, -0.2) is 8.07 Å². The Bertz CT molecular complexity index is 3570. The molecule has 0 fully saturated rings. The van der Waals surface area contributed by atoms with Gasteiger partial charge >= 0.3 is 0 Å². The highest BCUT2D eigenvalue weighted by molar-refractivity contribution is 9.10. The Hall–Kier alpha value is -7.70. The van der Waals surface area contributed by atoms with Crippen molar-refractivity contribution in [2.45, 2.75) is 178 Å². The van der Waals surface area contributed by atoms with Crippen LogP contribution < -0.4 is 0 Å². The third kappa shape index (κ3) is 21.1. The van der Waals surface area contributed by atoms with Crippen LogP contribution in [0, 0.1) is 142 Å². The van der Waals surface area contributed by atoms with Crippen molar-refractivity contribution < 1.29 is 0 Å². The molecule has 2 heteroatoms. The molecule has 0 bridgehead atoms. The number of unbranched alkanes of at least 4 members (excludes halogenated alkanes) is 8. The zero-order valence-corrected chi connectivity index (χ0v) is 50.4. The summed E-state index contributed by atoms with van der Waals surface area (Å²) < 4.78 is 0.872. The Balaban J connectivity index is 2.23. The van der Waals surface area contributed by atoms with Crippen LogP contribution in [0.1, 0.15) is 242 Å². The van der Waals surface area contributed by atoms with Crippen LogP contribution in [0.25, 0.3) is 0 Å². The van der Waals surface area contributed by atoms with Crippen LogP contribution in [0.2, 0.25) is 19.6 Å². The number of rotatable bonds is 8. The highest BCUT2D eigenvalue weighted by atomic mass is 79.9. The molecule has 0 aromatic heterocycles. The molecule has 0 amide bonds. The van der Waals surface area contributed by atoms with Gasteiger partial charge in [0.05, 0.1) is 22.3 Å². The molecule has 0 aliphatic rings. The summed E-state index contributed by atoms with van der Waals surface area (Å²) in [5, 5.41) is 0. The van der Waals surface area contributed by atoms with Gasteiger partial charge in [0.15, 0.2) is 0 Å². The lowest BCUT2D eigenvalue weighted by atomic mass is 9.93. The monoisotopic (exact) mass is 1080 g/mol. The molecule has 0 nitrogen and oxygen atoms in total. The summed E-state index contributed by atoms with van der Waals surface area (Å²) in [5.41, 5.74) is 15.5. The Morgan fingerprint density at radius 1 is 0.273 bits per heavy atom. The van der Waals surface area contributed by atoms with Gasteiger partial charge < -0.3 is 0 Å². The number of hydrogen-bond acceptors (Lipinski definition) is 0. The van der Waals surface area contributed by atoms with Crippen molar-refractivity contribution in [1.29, 1.82) is 0 Å². The second kappa shape index (κ2) is 34.8. The number of hydrogen-bond donors (Lipinski definition) is 0. The van der Waals surface area contributed by atoms with E-state index in [4.69, 9.17) is 0 Å². The zero-order valence-electron chi connectivity index (χ0n) is 47.8. The highest BCUT2D eigenvalue weighted by Crippen LogP contribution is 2.25. The molecule has 4 aromatic rings. The van der Waals surface area contributed by atoms with Gasteiger partial charge in [-0.1, -0.05) is 211 Å². The minimum atomic E-state index is -1.80. The molecule has 77 heavy (non-hydrogen) atoms. The van der Waals surface area contributed by atoms with E-state index >= 15 is 0 Å². The van der Waals surface area contributed by atoms with Gasteiger partial charge in [0.1, 0.15) is 8.07 Å². The zero-order chi connectivity index (χ0) is 55.7. The van der Waals surface area contributed by atoms with Crippen molar-refractivity contribution in [2.24, 2.45) is 0 Å². The smallest absolute Gasteiger partial charge is 0.127 e. The van der Waals surface area contributed by atoms with Crippen LogP contribution in [0.3, 0.4) is 0 Å². The Labute approximate surface area is 476 Å². The first-order chi connectivity index (χ1) is 37.4. The van der Waals surface area contributed by atoms with Crippen LogP contribution in [0.5, 0.6) is 0 Å². The summed E-state index contributed by atoms with van der Waals surface area (Å²) in [6.07, 6.45) is 13.8. The average molecular weight is 1080 g/mol. The Morgan fingerprint density at radius 3 is 0.766 bits per heavy atom. The van der Waals surface area contributed by atoms with Gasteiger partial charge in [-0.25, -0.2) is 0 Å². The van der Waals surface area contributed by atoms with Crippen LogP contribution in [0.4, 0.5) is 0 Å². The highest BCUT2D eigenvalue weighted by Gasteiger charge is 2.15. The van der Waals surface area contributed by atoms with Crippen molar-refractivity contribution >= 4 is 24.0 Å². The molecule has 384 valence electrons. The second-order valence-corrected chi connectivity index (χ2v) is 24.9. The van der Waals surface area contributed by atoms with E-state index in [1.54, 1.807) is 0 Å². The first-order valence-electron chi connectivity index (χ1n) is 27.8.